The highest BCUT2D eigenvalue weighted by atomic mass is 16.7. The molecule has 0 aliphatic carbocycles. The van der Waals surface area contributed by atoms with Crippen molar-refractivity contribution in [1.82, 2.24) is 0 Å². The van der Waals surface area contributed by atoms with Gasteiger partial charge in [-0.2, -0.15) is 0 Å². The van der Waals surface area contributed by atoms with Gasteiger partial charge in [-0.25, -0.2) is 0 Å². The minimum absolute atomic E-state index is 0.171. The van der Waals surface area contributed by atoms with Gasteiger partial charge in [-0.15, -0.1) is 0 Å². The minimum Gasteiger partial charge on any atom is -0.464 e. The zero-order valence-corrected chi connectivity index (χ0v) is 9.12. The Morgan fingerprint density at radius 2 is 2.07 bits per heavy atom. The maximum absolute atomic E-state index is 10.5. The Hall–Kier alpha value is -0.830. The molecule has 82 valence electrons. The van der Waals surface area contributed by atoms with E-state index in [0.29, 0.717) is 12.4 Å². The summed E-state index contributed by atoms with van der Waals surface area (Å²) in [7, 11) is 0. The monoisotopic (exact) mass is 200 g/mol. The Bertz CT molecular complexity index is 164. The van der Waals surface area contributed by atoms with Crippen molar-refractivity contribution in [3.05, 3.63) is 11.8 Å². The number of hydrogen-bond acceptors (Lipinski definition) is 3. The standard InChI is InChI=1S/C11H20O3/c1-3-5-6-7-11(9-12)14-10-13-8-4-2/h7,9H,3-6,8,10H2,1-2H3. The third-order valence-corrected chi connectivity index (χ3v) is 1.68. The molecule has 0 aromatic heterocycles. The number of aldehydes is 1. The lowest BCUT2D eigenvalue weighted by molar-refractivity contribution is -0.111. The second-order valence-electron chi connectivity index (χ2n) is 3.04. The first-order chi connectivity index (χ1) is 6.85. The average molecular weight is 200 g/mol. The van der Waals surface area contributed by atoms with Crippen LogP contribution >= 0.6 is 0 Å². The molecule has 0 aromatic rings. The van der Waals surface area contributed by atoms with Crippen LogP contribution in [0.25, 0.3) is 0 Å². The maximum atomic E-state index is 10.5. The van der Waals surface area contributed by atoms with Gasteiger partial charge in [0, 0.05) is 0 Å². The number of carbonyl (C=O) groups excluding carboxylic acids is 1. The van der Waals surface area contributed by atoms with Gasteiger partial charge in [0.25, 0.3) is 0 Å². The molecular weight excluding hydrogens is 180 g/mol. The predicted octanol–water partition coefficient (Wildman–Crippen LogP) is 2.66. The van der Waals surface area contributed by atoms with E-state index >= 15 is 0 Å². The molecule has 0 N–H and O–H groups in total. The van der Waals surface area contributed by atoms with Crippen LogP contribution in [0.3, 0.4) is 0 Å². The largest absolute Gasteiger partial charge is 0.464 e. The smallest absolute Gasteiger partial charge is 0.189 e. The van der Waals surface area contributed by atoms with Gasteiger partial charge in [0.2, 0.25) is 0 Å². The van der Waals surface area contributed by atoms with Gasteiger partial charge in [-0.1, -0.05) is 20.3 Å². The number of unbranched alkanes of at least 4 members (excludes halogenated alkanes) is 2. The highest BCUT2D eigenvalue weighted by Gasteiger charge is 1.94. The lowest BCUT2D eigenvalue weighted by Crippen LogP contribution is -2.01. The second-order valence-corrected chi connectivity index (χ2v) is 3.04. The normalized spacial score (nSPS) is 11.4. The Kier molecular flexibility index (Phi) is 9.64. The number of hydrogen-bond donors (Lipinski definition) is 0. The first-order valence-corrected chi connectivity index (χ1v) is 5.21. The molecule has 0 amide bonds. The van der Waals surface area contributed by atoms with Gasteiger partial charge in [0.1, 0.15) is 0 Å². The van der Waals surface area contributed by atoms with Gasteiger partial charge in [0.15, 0.2) is 18.8 Å². The van der Waals surface area contributed by atoms with E-state index in [9.17, 15) is 4.79 Å². The third-order valence-electron chi connectivity index (χ3n) is 1.68. The number of carbonyl (C=O) groups is 1. The summed E-state index contributed by atoms with van der Waals surface area (Å²) in [5, 5.41) is 0. The van der Waals surface area contributed by atoms with Crippen molar-refractivity contribution >= 4 is 6.29 Å². The highest BCUT2D eigenvalue weighted by molar-refractivity contribution is 5.69. The second kappa shape index (κ2) is 10.3. The van der Waals surface area contributed by atoms with Crippen LogP contribution in [0.5, 0.6) is 0 Å². The Balaban J connectivity index is 3.56. The Morgan fingerprint density at radius 1 is 1.29 bits per heavy atom. The van der Waals surface area contributed by atoms with Crippen molar-refractivity contribution in [3.63, 3.8) is 0 Å². The van der Waals surface area contributed by atoms with Crippen molar-refractivity contribution in [2.75, 3.05) is 13.4 Å². The topological polar surface area (TPSA) is 35.5 Å². The average Bonchev–Trinajstić information content (AvgIpc) is 2.22. The quantitative estimate of drug-likeness (QED) is 0.189. The first kappa shape index (κ1) is 13.2. The van der Waals surface area contributed by atoms with E-state index in [0.717, 1.165) is 32.0 Å². The summed E-state index contributed by atoms with van der Waals surface area (Å²) in [6, 6.07) is 0. The summed E-state index contributed by atoms with van der Waals surface area (Å²) in [4.78, 5) is 10.5. The Labute approximate surface area is 86.1 Å². The van der Waals surface area contributed by atoms with Gasteiger partial charge in [-0.05, 0) is 25.3 Å². The molecule has 0 saturated carbocycles. The van der Waals surface area contributed by atoms with E-state index in [2.05, 4.69) is 6.92 Å². The molecule has 0 fully saturated rings. The van der Waals surface area contributed by atoms with E-state index in [1.54, 1.807) is 0 Å². The highest BCUT2D eigenvalue weighted by Crippen LogP contribution is 2.01. The molecule has 3 heteroatoms. The lowest BCUT2D eigenvalue weighted by Gasteiger charge is -2.05. The van der Waals surface area contributed by atoms with Crippen molar-refractivity contribution in [3.8, 4) is 0 Å². The van der Waals surface area contributed by atoms with Gasteiger partial charge < -0.3 is 9.47 Å². The van der Waals surface area contributed by atoms with Crippen molar-refractivity contribution < 1.29 is 14.3 Å². The van der Waals surface area contributed by atoms with Crippen LogP contribution in [-0.2, 0) is 14.3 Å². The molecule has 0 unspecified atom stereocenters. The van der Waals surface area contributed by atoms with E-state index < -0.39 is 0 Å². The summed E-state index contributed by atoms with van der Waals surface area (Å²) in [5.74, 6) is 0.384. The molecule has 0 aromatic carbocycles. The van der Waals surface area contributed by atoms with Crippen LogP contribution in [0.1, 0.15) is 39.5 Å². The van der Waals surface area contributed by atoms with E-state index in [1.807, 2.05) is 13.0 Å². The summed E-state index contributed by atoms with van der Waals surface area (Å²) in [6.45, 7) is 4.98. The summed E-state index contributed by atoms with van der Waals surface area (Å²) in [5.41, 5.74) is 0. The predicted molar refractivity (Wildman–Crippen MR) is 55.9 cm³/mol. The summed E-state index contributed by atoms with van der Waals surface area (Å²) in [6.07, 6.45) is 6.58. The molecule has 0 bridgehead atoms. The molecule has 0 saturated heterocycles. The molecule has 3 nitrogen and oxygen atoms in total. The van der Waals surface area contributed by atoms with Crippen molar-refractivity contribution in [2.45, 2.75) is 39.5 Å². The maximum Gasteiger partial charge on any atom is 0.189 e. The van der Waals surface area contributed by atoms with Crippen LogP contribution in [0.15, 0.2) is 11.8 Å². The molecule has 0 spiro atoms. The minimum atomic E-state index is 0.171. The van der Waals surface area contributed by atoms with Crippen molar-refractivity contribution in [2.24, 2.45) is 0 Å². The fraction of sp³-hybridized carbons (Fsp3) is 0.727. The number of allylic oxidation sites excluding steroid dienone is 2. The van der Waals surface area contributed by atoms with E-state index in [4.69, 9.17) is 9.47 Å². The van der Waals surface area contributed by atoms with E-state index in [-0.39, 0.29) is 6.79 Å². The Morgan fingerprint density at radius 3 is 2.64 bits per heavy atom. The van der Waals surface area contributed by atoms with Crippen LogP contribution < -0.4 is 0 Å². The van der Waals surface area contributed by atoms with Gasteiger partial charge in [0.05, 0.1) is 6.61 Å². The molecule has 14 heavy (non-hydrogen) atoms. The molecule has 0 radical (unpaired) electrons. The van der Waals surface area contributed by atoms with E-state index in [1.165, 1.54) is 0 Å². The van der Waals surface area contributed by atoms with Gasteiger partial charge >= 0.3 is 0 Å². The number of rotatable bonds is 9. The molecule has 0 heterocycles. The lowest BCUT2D eigenvalue weighted by atomic mass is 10.2. The molecular formula is C11H20O3. The number of ether oxygens (including phenoxy) is 2. The molecule has 0 aliphatic heterocycles. The first-order valence-electron chi connectivity index (χ1n) is 5.21. The molecule has 0 rings (SSSR count). The van der Waals surface area contributed by atoms with Crippen molar-refractivity contribution in [1.29, 1.82) is 0 Å². The van der Waals surface area contributed by atoms with Crippen LogP contribution in [0.2, 0.25) is 0 Å². The summed E-state index contributed by atoms with van der Waals surface area (Å²) >= 11 is 0. The molecule has 0 aliphatic rings. The van der Waals surface area contributed by atoms with Crippen LogP contribution in [0.4, 0.5) is 0 Å². The van der Waals surface area contributed by atoms with Crippen LogP contribution in [-0.4, -0.2) is 19.7 Å². The SMILES string of the molecule is CCCCC=C(C=O)OCOCCC. The van der Waals surface area contributed by atoms with Gasteiger partial charge in [-0.3, -0.25) is 4.79 Å². The third kappa shape index (κ3) is 7.80. The zero-order chi connectivity index (χ0) is 10.6. The summed E-state index contributed by atoms with van der Waals surface area (Å²) < 4.78 is 10.2. The van der Waals surface area contributed by atoms with Crippen LogP contribution in [0, 0.1) is 0 Å². The fourth-order valence-electron chi connectivity index (χ4n) is 0.902. The zero-order valence-electron chi connectivity index (χ0n) is 9.12. The molecule has 0 atom stereocenters. The fourth-order valence-corrected chi connectivity index (χ4v) is 0.902.